The number of hydrogen-bond acceptors (Lipinski definition) is 5. The summed E-state index contributed by atoms with van der Waals surface area (Å²) >= 11 is 6.12. The molecule has 1 aliphatic heterocycles. The molecule has 9 heteroatoms. The van der Waals surface area contributed by atoms with E-state index < -0.39 is 0 Å². The number of aryl methyl sites for hydroxylation is 1. The third kappa shape index (κ3) is 3.91. The van der Waals surface area contributed by atoms with Crippen LogP contribution < -0.4 is 10.2 Å². The highest BCUT2D eigenvalue weighted by molar-refractivity contribution is 6.33. The molecule has 1 N–H and O–H groups in total. The van der Waals surface area contributed by atoms with Gasteiger partial charge in [0.05, 0.1) is 10.7 Å². The average molecular weight is 398 g/mol. The van der Waals surface area contributed by atoms with Crippen LogP contribution in [-0.4, -0.2) is 56.6 Å². The number of halogens is 1. The maximum Gasteiger partial charge on any atom is 0.322 e. The molecule has 3 heterocycles. The number of carbonyl (C=O) groups excluding carboxylic acids is 1. The first-order chi connectivity index (χ1) is 13.6. The lowest BCUT2D eigenvalue weighted by Gasteiger charge is -2.35. The SMILES string of the molecule is Cc1nc(N2CCN(C(=O)Nc3ccccc3Cl)CC2)cc(-n2ccnc2)n1. The molecule has 0 atom stereocenters. The molecule has 1 fully saturated rings. The molecule has 1 saturated heterocycles. The lowest BCUT2D eigenvalue weighted by Crippen LogP contribution is -2.50. The molecule has 2 aromatic heterocycles. The fourth-order valence-electron chi connectivity index (χ4n) is 3.12. The van der Waals surface area contributed by atoms with Gasteiger partial charge >= 0.3 is 6.03 Å². The van der Waals surface area contributed by atoms with Crippen molar-refractivity contribution in [3.63, 3.8) is 0 Å². The third-order valence-electron chi connectivity index (χ3n) is 4.59. The van der Waals surface area contributed by atoms with Crippen LogP contribution in [0.1, 0.15) is 5.82 Å². The smallest absolute Gasteiger partial charge is 0.322 e. The number of carbonyl (C=O) groups is 1. The number of benzene rings is 1. The Kier molecular flexibility index (Phi) is 5.12. The largest absolute Gasteiger partial charge is 0.353 e. The topological polar surface area (TPSA) is 79.2 Å². The van der Waals surface area contributed by atoms with E-state index >= 15 is 0 Å². The van der Waals surface area contributed by atoms with Gasteiger partial charge in [-0.2, -0.15) is 0 Å². The number of anilines is 2. The van der Waals surface area contributed by atoms with E-state index in [0.29, 0.717) is 42.7 Å². The van der Waals surface area contributed by atoms with E-state index in [0.717, 1.165) is 11.6 Å². The van der Waals surface area contributed by atoms with Crippen LogP contribution in [0.4, 0.5) is 16.3 Å². The Morgan fingerprint density at radius 3 is 2.57 bits per heavy atom. The summed E-state index contributed by atoms with van der Waals surface area (Å²) in [7, 11) is 0. The van der Waals surface area contributed by atoms with Gasteiger partial charge in [0.2, 0.25) is 0 Å². The molecular formula is C19H20ClN7O. The lowest BCUT2D eigenvalue weighted by molar-refractivity contribution is 0.208. The number of urea groups is 1. The summed E-state index contributed by atoms with van der Waals surface area (Å²) in [6.07, 6.45) is 5.28. The molecule has 0 aliphatic carbocycles. The molecule has 0 unspecified atom stereocenters. The van der Waals surface area contributed by atoms with Crippen molar-refractivity contribution in [1.82, 2.24) is 24.4 Å². The van der Waals surface area contributed by atoms with Gasteiger partial charge in [0.15, 0.2) is 0 Å². The summed E-state index contributed by atoms with van der Waals surface area (Å²) in [5.41, 5.74) is 0.619. The number of nitrogens with zero attached hydrogens (tertiary/aromatic N) is 6. The van der Waals surface area contributed by atoms with Crippen LogP contribution in [0.3, 0.4) is 0 Å². The Morgan fingerprint density at radius 2 is 1.86 bits per heavy atom. The fraction of sp³-hybridized carbons (Fsp3) is 0.263. The van der Waals surface area contributed by atoms with Gasteiger partial charge in [-0.3, -0.25) is 4.57 Å². The second-order valence-corrected chi connectivity index (χ2v) is 6.89. The Balaban J connectivity index is 1.42. The molecule has 0 spiro atoms. The number of nitrogens with one attached hydrogen (secondary N) is 1. The first-order valence-electron chi connectivity index (χ1n) is 8.99. The molecule has 1 aliphatic rings. The van der Waals surface area contributed by atoms with Crippen LogP contribution in [-0.2, 0) is 0 Å². The third-order valence-corrected chi connectivity index (χ3v) is 4.92. The number of amides is 2. The van der Waals surface area contributed by atoms with Gasteiger partial charge in [0.1, 0.15) is 23.8 Å². The molecule has 0 bridgehead atoms. The van der Waals surface area contributed by atoms with Crippen molar-refractivity contribution in [2.45, 2.75) is 6.92 Å². The maximum absolute atomic E-state index is 12.5. The van der Waals surface area contributed by atoms with Crippen molar-refractivity contribution in [2.24, 2.45) is 0 Å². The van der Waals surface area contributed by atoms with Crippen molar-refractivity contribution in [3.05, 3.63) is 59.9 Å². The van der Waals surface area contributed by atoms with E-state index in [1.54, 1.807) is 29.6 Å². The van der Waals surface area contributed by atoms with Gasteiger partial charge in [0, 0.05) is 44.6 Å². The highest BCUT2D eigenvalue weighted by Gasteiger charge is 2.23. The van der Waals surface area contributed by atoms with Gasteiger partial charge in [-0.25, -0.2) is 19.7 Å². The number of para-hydroxylation sites is 1. The quantitative estimate of drug-likeness (QED) is 0.735. The van der Waals surface area contributed by atoms with Gasteiger partial charge in [-0.15, -0.1) is 0 Å². The predicted octanol–water partition coefficient (Wildman–Crippen LogP) is 2.98. The van der Waals surface area contributed by atoms with Crippen molar-refractivity contribution in [3.8, 4) is 5.82 Å². The lowest BCUT2D eigenvalue weighted by atomic mass is 10.3. The molecule has 2 amide bonds. The number of hydrogen-bond donors (Lipinski definition) is 1. The normalized spacial score (nSPS) is 14.2. The minimum absolute atomic E-state index is 0.147. The van der Waals surface area contributed by atoms with Crippen molar-refractivity contribution < 1.29 is 4.79 Å². The van der Waals surface area contributed by atoms with E-state index in [1.807, 2.05) is 35.9 Å². The molecule has 0 saturated carbocycles. The molecule has 4 rings (SSSR count). The summed E-state index contributed by atoms with van der Waals surface area (Å²) in [4.78, 5) is 29.6. The molecule has 3 aromatic rings. The van der Waals surface area contributed by atoms with Crippen LogP contribution in [0.2, 0.25) is 5.02 Å². The van der Waals surface area contributed by atoms with E-state index in [-0.39, 0.29) is 6.03 Å². The van der Waals surface area contributed by atoms with E-state index in [1.165, 1.54) is 0 Å². The van der Waals surface area contributed by atoms with Gasteiger partial charge < -0.3 is 15.1 Å². The zero-order valence-corrected chi connectivity index (χ0v) is 16.2. The molecular weight excluding hydrogens is 378 g/mol. The minimum Gasteiger partial charge on any atom is -0.353 e. The number of rotatable bonds is 3. The number of piperazine rings is 1. The molecule has 144 valence electrons. The highest BCUT2D eigenvalue weighted by Crippen LogP contribution is 2.22. The fourth-order valence-corrected chi connectivity index (χ4v) is 3.30. The number of aromatic nitrogens is 4. The van der Waals surface area contributed by atoms with E-state index in [4.69, 9.17) is 11.6 Å². The second kappa shape index (κ2) is 7.85. The summed E-state index contributed by atoms with van der Waals surface area (Å²) < 4.78 is 1.85. The van der Waals surface area contributed by atoms with E-state index in [2.05, 4.69) is 25.2 Å². The molecule has 8 nitrogen and oxygen atoms in total. The Morgan fingerprint density at radius 1 is 1.11 bits per heavy atom. The first kappa shape index (κ1) is 18.2. The van der Waals surface area contributed by atoms with Gasteiger partial charge in [-0.1, -0.05) is 23.7 Å². The second-order valence-electron chi connectivity index (χ2n) is 6.49. The zero-order valence-electron chi connectivity index (χ0n) is 15.4. The van der Waals surface area contributed by atoms with Crippen LogP contribution in [0, 0.1) is 6.92 Å². The Bertz CT molecular complexity index is 968. The summed E-state index contributed by atoms with van der Waals surface area (Å²) in [5, 5.41) is 3.40. The Hall–Kier alpha value is -3.13. The summed E-state index contributed by atoms with van der Waals surface area (Å²) in [5.74, 6) is 2.32. The van der Waals surface area contributed by atoms with Crippen LogP contribution in [0.5, 0.6) is 0 Å². The predicted molar refractivity (Wildman–Crippen MR) is 108 cm³/mol. The van der Waals surface area contributed by atoms with Crippen LogP contribution in [0.25, 0.3) is 5.82 Å². The standard InChI is InChI=1S/C19H20ClN7O/c1-14-22-17(12-18(23-14)27-7-6-21-13-27)25-8-10-26(11-9-25)19(28)24-16-5-3-2-4-15(16)20/h2-7,12-13H,8-11H2,1H3,(H,24,28). The molecule has 28 heavy (non-hydrogen) atoms. The van der Waals surface area contributed by atoms with Crippen LogP contribution in [0.15, 0.2) is 49.1 Å². The zero-order chi connectivity index (χ0) is 19.5. The molecule has 1 aromatic carbocycles. The van der Waals surface area contributed by atoms with Crippen molar-refractivity contribution in [1.29, 1.82) is 0 Å². The van der Waals surface area contributed by atoms with Crippen molar-refractivity contribution >= 4 is 29.1 Å². The summed E-state index contributed by atoms with van der Waals surface area (Å²) in [6.45, 7) is 4.45. The minimum atomic E-state index is -0.147. The van der Waals surface area contributed by atoms with E-state index in [9.17, 15) is 4.79 Å². The van der Waals surface area contributed by atoms with Gasteiger partial charge in [-0.05, 0) is 19.1 Å². The maximum atomic E-state index is 12.5. The highest BCUT2D eigenvalue weighted by atomic mass is 35.5. The molecule has 0 radical (unpaired) electrons. The van der Waals surface area contributed by atoms with Crippen molar-refractivity contribution in [2.75, 3.05) is 36.4 Å². The van der Waals surface area contributed by atoms with Crippen LogP contribution >= 0.6 is 11.6 Å². The average Bonchev–Trinajstić information content (AvgIpc) is 3.24. The Labute approximate surface area is 167 Å². The summed E-state index contributed by atoms with van der Waals surface area (Å²) in [6, 6.07) is 9.01. The number of imidazole rings is 1. The van der Waals surface area contributed by atoms with Gasteiger partial charge in [0.25, 0.3) is 0 Å². The first-order valence-corrected chi connectivity index (χ1v) is 9.37. The monoisotopic (exact) mass is 397 g/mol.